The van der Waals surface area contributed by atoms with E-state index in [1.165, 1.54) is 35.3 Å². The fraction of sp³-hybridized carbons (Fsp3) is 0.643. The van der Waals surface area contributed by atoms with Crippen molar-refractivity contribution in [3.05, 3.63) is 29.3 Å². The van der Waals surface area contributed by atoms with E-state index in [0.29, 0.717) is 0 Å². The molecule has 20 nitrogen and oxygen atoms in total. The quantitative estimate of drug-likeness (QED) is 0.104. The van der Waals surface area contributed by atoms with Crippen molar-refractivity contribution in [3.63, 3.8) is 0 Å². The molecule has 0 aromatic carbocycles. The van der Waals surface area contributed by atoms with Crippen LogP contribution in [0.1, 0.15) is 32.4 Å². The monoisotopic (exact) mass is 916 g/mol. The van der Waals surface area contributed by atoms with Crippen LogP contribution in [0.4, 0.5) is 16.2 Å². The predicted molar refractivity (Wildman–Crippen MR) is 219 cm³/mol. The minimum absolute atomic E-state index is 0.0244. The summed E-state index contributed by atoms with van der Waals surface area (Å²) in [4.78, 5) is 50.2. The van der Waals surface area contributed by atoms with Crippen molar-refractivity contribution in [2.24, 2.45) is 0 Å². The zero-order valence-electron chi connectivity index (χ0n) is 31.6. The number of thioether (sulfide) groups is 1. The molecule has 0 amide bonds. The van der Waals surface area contributed by atoms with Gasteiger partial charge in [0.2, 0.25) is 5.95 Å². The minimum Gasteiger partial charge on any atom is -0.780 e. The number of nitrogens with one attached hydrogen (secondary N) is 1. The molecule has 0 spiro atoms. The summed E-state index contributed by atoms with van der Waals surface area (Å²) in [5, 5.41) is -1.63. The van der Waals surface area contributed by atoms with Gasteiger partial charge in [-0.1, -0.05) is 44.4 Å². The molecule has 10 atom stereocenters. The summed E-state index contributed by atoms with van der Waals surface area (Å²) >= 11 is 18.1. The third-order valence-electron chi connectivity index (χ3n) is 9.47. The van der Waals surface area contributed by atoms with Crippen LogP contribution in [0.2, 0.25) is 18.1 Å². The highest BCUT2D eigenvalue weighted by molar-refractivity contribution is 8.51. The summed E-state index contributed by atoms with van der Waals surface area (Å²) < 4.78 is 56.6. The van der Waals surface area contributed by atoms with Gasteiger partial charge in [0.1, 0.15) is 42.2 Å². The first-order valence-corrected chi connectivity index (χ1v) is 27.3. The summed E-state index contributed by atoms with van der Waals surface area (Å²) in [6.45, 7) is 5.20. The SMILES string of the molecule is CC(C)(C)[Si](C)(C)O[C@H]1[C@H]2OP([O-])(=S)OC[C@H]3O[C@@H](n4cnc5c(N)ncnc54)[C@@H](F)[C@@H]3OP(=S)([S-])OC[C@H]1S[C@H]2n1cnc2c(=O)[nH]c(N)nc21.C[NH3+].C[NH3+]. The van der Waals surface area contributed by atoms with Gasteiger partial charge in [-0.3, -0.25) is 18.9 Å². The number of aromatic amines is 1. The molecule has 3 aliphatic heterocycles. The number of fused-ring (bicyclic) bond motifs is 5. The van der Waals surface area contributed by atoms with Gasteiger partial charge in [-0.15, -0.1) is 11.8 Å². The number of quaternary nitrogens is 2. The largest absolute Gasteiger partial charge is 0.780 e. The third-order valence-corrected chi connectivity index (χ3v) is 19.1. The molecule has 7 rings (SSSR count). The number of alkyl halides is 1. The number of anilines is 2. The predicted octanol–water partition coefficient (Wildman–Crippen LogP) is 0.253. The summed E-state index contributed by atoms with van der Waals surface area (Å²) in [6.07, 6.45) is -3.88. The van der Waals surface area contributed by atoms with Gasteiger partial charge in [0.05, 0.1) is 57.0 Å². The molecule has 2 unspecified atom stereocenters. The fourth-order valence-corrected chi connectivity index (χ4v) is 12.3. The Bertz CT molecular complexity index is 2180. The molecule has 3 fully saturated rings. The van der Waals surface area contributed by atoms with E-state index >= 15 is 4.39 Å². The third kappa shape index (κ3) is 9.20. The van der Waals surface area contributed by atoms with Crippen molar-refractivity contribution in [1.29, 1.82) is 0 Å². The molecule has 2 bridgehead atoms. The van der Waals surface area contributed by atoms with Crippen LogP contribution in [0.25, 0.3) is 22.3 Å². The Kier molecular flexibility index (Phi) is 14.2. The van der Waals surface area contributed by atoms with Crippen LogP contribution >= 0.6 is 24.2 Å². The first-order valence-electron chi connectivity index (χ1n) is 17.2. The van der Waals surface area contributed by atoms with E-state index in [2.05, 4.69) is 62.1 Å². The average molecular weight is 917 g/mol. The maximum absolute atomic E-state index is 16.4. The van der Waals surface area contributed by atoms with E-state index in [1.54, 1.807) is 18.7 Å². The molecule has 0 radical (unpaired) electrons. The second-order valence-corrected chi connectivity index (χ2v) is 27.7. The topological polar surface area (TPSA) is 293 Å². The molecule has 3 saturated heterocycles. The number of nitrogen functional groups attached to an aromatic ring is 2. The van der Waals surface area contributed by atoms with Gasteiger partial charge in [0, 0.05) is 0 Å². The minimum atomic E-state index is -4.43. The molecule has 3 aliphatic rings. The zero-order chi connectivity index (χ0) is 41.5. The number of hydrogen-bond acceptors (Lipinski definition) is 19. The average Bonchev–Trinajstić information content (AvgIpc) is 3.89. The van der Waals surface area contributed by atoms with Crippen molar-refractivity contribution in [3.8, 4) is 0 Å². The Balaban J connectivity index is 0.00000145. The number of rotatable bonds is 4. The van der Waals surface area contributed by atoms with Crippen molar-refractivity contribution in [2.45, 2.75) is 86.3 Å². The highest BCUT2D eigenvalue weighted by Gasteiger charge is 2.54. The number of nitrogens with two attached hydrogens (primary N) is 2. The zero-order valence-corrected chi connectivity index (χ0v) is 37.7. The Morgan fingerprint density at radius 2 is 1.70 bits per heavy atom. The molecular formula is C28H47FN12O8P2S4Si. The lowest BCUT2D eigenvalue weighted by molar-refractivity contribution is -0.325. The van der Waals surface area contributed by atoms with Crippen LogP contribution in [0, 0.1) is 0 Å². The second kappa shape index (κ2) is 17.5. The van der Waals surface area contributed by atoms with Gasteiger partial charge in [-0.2, -0.15) is 4.98 Å². The van der Waals surface area contributed by atoms with Crippen molar-refractivity contribution in [1.82, 2.24) is 39.0 Å². The molecule has 0 saturated carbocycles. The van der Waals surface area contributed by atoms with Crippen LogP contribution in [-0.2, 0) is 63.1 Å². The molecule has 0 aliphatic carbocycles. The Morgan fingerprint density at radius 1 is 1.04 bits per heavy atom. The molecular weight excluding hydrogens is 870 g/mol. The number of nitrogens with zero attached hydrogens (tertiary/aromatic N) is 7. The Hall–Kier alpha value is -1.71. The molecule has 312 valence electrons. The number of H-pyrrole nitrogens is 1. The summed E-state index contributed by atoms with van der Waals surface area (Å²) in [5.41, 5.74) is 14.8. The van der Waals surface area contributed by atoms with E-state index in [9.17, 15) is 9.69 Å². The van der Waals surface area contributed by atoms with E-state index in [1.807, 2.05) is 13.1 Å². The number of hydrogen-bond donors (Lipinski definition) is 5. The smallest absolute Gasteiger partial charge is 0.280 e. The second-order valence-electron chi connectivity index (χ2n) is 13.9. The molecule has 4 aromatic heterocycles. The first kappa shape index (κ1) is 45.4. The standard InChI is InChI=1S/C26H37FN10O8P2S4Si.2CH5N/c1-26(2,3)52(4,5)45-17-12-7-41-47(49,50)44-16-11(42-23(13(16)27)36-9-32-14-19(28)30-8-31-20(14)36)6-40-46(39,48)43-18(17)24(51-12)37-10-33-15-21(37)34-25(29)35-22(15)38;2*1-2/h8-13,16-18,23-24H,6-7H2,1-5H3,(H,39,48)(H,49,50)(H2,28,30,31)(H3,29,34,35,38);2*2H2,1H3/t11-,12-,13+,16-,17-,18-,23-,24-,46?;;/m1../s1. The summed E-state index contributed by atoms with van der Waals surface area (Å²) in [6, 6.07) is 0. The highest BCUT2D eigenvalue weighted by atomic mass is 32.9. The van der Waals surface area contributed by atoms with E-state index < -0.39 is 80.3 Å². The summed E-state index contributed by atoms with van der Waals surface area (Å²) in [7, 11) is 0.913. The number of imidazole rings is 2. The van der Waals surface area contributed by atoms with Crippen LogP contribution in [0.3, 0.4) is 0 Å². The Labute approximate surface area is 342 Å². The maximum atomic E-state index is 16.4. The van der Waals surface area contributed by atoms with Gasteiger partial charge in [0.15, 0.2) is 43.3 Å². The van der Waals surface area contributed by atoms with Crippen molar-refractivity contribution >= 4 is 102 Å². The van der Waals surface area contributed by atoms with Gasteiger partial charge in [0.25, 0.3) is 5.56 Å². The lowest BCUT2D eigenvalue weighted by atomic mass is 10.1. The van der Waals surface area contributed by atoms with Crippen molar-refractivity contribution < 1.29 is 48.0 Å². The molecule has 7 heterocycles. The van der Waals surface area contributed by atoms with Crippen LogP contribution in [-0.4, -0.2) is 111 Å². The van der Waals surface area contributed by atoms with Crippen LogP contribution in [0.15, 0.2) is 23.8 Å². The van der Waals surface area contributed by atoms with Gasteiger partial charge >= 0.3 is 0 Å². The van der Waals surface area contributed by atoms with Gasteiger partial charge in [-0.05, 0) is 18.1 Å². The molecule has 11 N–H and O–H groups in total. The lowest BCUT2D eigenvalue weighted by Crippen LogP contribution is -2.50. The van der Waals surface area contributed by atoms with Crippen LogP contribution < -0.4 is 33.4 Å². The van der Waals surface area contributed by atoms with E-state index in [0.717, 1.165) is 0 Å². The summed E-state index contributed by atoms with van der Waals surface area (Å²) in [5.74, 6) is -0.0402. The number of ether oxygens (including phenoxy) is 1. The fourth-order valence-electron chi connectivity index (χ4n) is 5.89. The normalized spacial score (nSPS) is 32.6. The first-order chi connectivity index (χ1) is 26.3. The Morgan fingerprint density at radius 3 is 2.38 bits per heavy atom. The lowest BCUT2D eigenvalue weighted by Gasteiger charge is -2.42. The van der Waals surface area contributed by atoms with Gasteiger partial charge in [-0.25, -0.2) is 24.3 Å². The number of aromatic nitrogens is 8. The van der Waals surface area contributed by atoms with E-state index in [4.69, 9.17) is 74.6 Å². The van der Waals surface area contributed by atoms with Gasteiger partial charge < -0.3 is 67.3 Å². The molecule has 28 heteroatoms. The number of halogens is 1. The maximum Gasteiger partial charge on any atom is 0.280 e. The molecule has 56 heavy (non-hydrogen) atoms. The highest BCUT2D eigenvalue weighted by Crippen LogP contribution is 2.57. The van der Waals surface area contributed by atoms with Crippen LogP contribution in [0.5, 0.6) is 0 Å². The van der Waals surface area contributed by atoms with Crippen molar-refractivity contribution in [2.75, 3.05) is 38.8 Å². The van der Waals surface area contributed by atoms with E-state index in [-0.39, 0.29) is 45.7 Å². The molecule has 4 aromatic rings.